The van der Waals surface area contributed by atoms with E-state index in [4.69, 9.17) is 11.6 Å². The molecule has 1 aliphatic rings. The van der Waals surface area contributed by atoms with Gasteiger partial charge in [-0.1, -0.05) is 11.6 Å². The van der Waals surface area contributed by atoms with Gasteiger partial charge in [0.1, 0.15) is 12.1 Å². The Balaban J connectivity index is 1.45. The van der Waals surface area contributed by atoms with Gasteiger partial charge in [-0.3, -0.25) is 4.98 Å². The Morgan fingerprint density at radius 2 is 1.62 bits per heavy atom. The van der Waals surface area contributed by atoms with E-state index in [2.05, 4.69) is 19.9 Å². The lowest BCUT2D eigenvalue weighted by atomic mass is 10.2. The average Bonchev–Trinajstić information content (AvgIpc) is 3.08. The molecule has 1 N–H and O–H groups in total. The van der Waals surface area contributed by atoms with Crippen LogP contribution in [-0.2, 0) is 0 Å². The quantitative estimate of drug-likeness (QED) is 0.767. The van der Waals surface area contributed by atoms with Gasteiger partial charge in [0.05, 0.1) is 16.4 Å². The highest BCUT2D eigenvalue weighted by Crippen LogP contribution is 2.28. The molecule has 1 fully saturated rings. The molecule has 8 heteroatoms. The van der Waals surface area contributed by atoms with Crippen molar-refractivity contribution >= 4 is 23.0 Å². The topological polar surface area (TPSA) is 57.2 Å². The van der Waals surface area contributed by atoms with Crippen LogP contribution in [0.2, 0.25) is 5.02 Å². The summed E-state index contributed by atoms with van der Waals surface area (Å²) < 4.78 is 14.5. The lowest BCUT2D eigenvalue weighted by Crippen LogP contribution is -2.46. The van der Waals surface area contributed by atoms with Gasteiger partial charge in [0.15, 0.2) is 0 Å². The summed E-state index contributed by atoms with van der Waals surface area (Å²) in [4.78, 5) is 18.6. The molecular formula is C18H17ClFN5O. The maximum atomic E-state index is 13.2. The van der Waals surface area contributed by atoms with Crippen molar-refractivity contribution in [1.82, 2.24) is 14.8 Å². The number of halogens is 2. The van der Waals surface area contributed by atoms with Crippen molar-refractivity contribution < 1.29 is 4.39 Å². The highest BCUT2D eigenvalue weighted by Gasteiger charge is 2.19. The Labute approximate surface area is 154 Å². The molecule has 2 aromatic carbocycles. The first-order valence-electron chi connectivity index (χ1n) is 8.30. The standard InChI is InChI=1S/C18H17ClFN5O/c19-16-11-13(20)1-6-17(16)24-9-7-23(8-10-24)14-2-4-15(5-3-14)25-18(26)21-12-22-25/h1-6,11-12H,7-10H2,(H,21,22,26). The number of benzene rings is 2. The summed E-state index contributed by atoms with van der Waals surface area (Å²) in [7, 11) is 0. The van der Waals surface area contributed by atoms with E-state index < -0.39 is 0 Å². The molecule has 4 rings (SSSR count). The molecule has 1 aromatic heterocycles. The van der Waals surface area contributed by atoms with Crippen molar-refractivity contribution in [3.05, 3.63) is 70.1 Å². The number of hydrogen-bond donors (Lipinski definition) is 1. The largest absolute Gasteiger partial charge is 0.368 e. The normalized spacial score (nSPS) is 14.7. The van der Waals surface area contributed by atoms with E-state index in [9.17, 15) is 9.18 Å². The molecule has 26 heavy (non-hydrogen) atoms. The summed E-state index contributed by atoms with van der Waals surface area (Å²) in [5.74, 6) is -0.325. The summed E-state index contributed by atoms with van der Waals surface area (Å²) in [6, 6.07) is 12.2. The molecule has 0 bridgehead atoms. The molecule has 0 saturated carbocycles. The van der Waals surface area contributed by atoms with Crippen LogP contribution in [0.4, 0.5) is 15.8 Å². The molecule has 0 unspecified atom stereocenters. The van der Waals surface area contributed by atoms with Crippen molar-refractivity contribution in [2.45, 2.75) is 0 Å². The van der Waals surface area contributed by atoms with Crippen LogP contribution in [0.5, 0.6) is 0 Å². The van der Waals surface area contributed by atoms with E-state index in [1.807, 2.05) is 24.3 Å². The Morgan fingerprint density at radius 1 is 0.962 bits per heavy atom. The first-order valence-corrected chi connectivity index (χ1v) is 8.68. The lowest BCUT2D eigenvalue weighted by Gasteiger charge is -2.37. The lowest BCUT2D eigenvalue weighted by molar-refractivity contribution is 0.625. The third-order valence-electron chi connectivity index (χ3n) is 4.54. The van der Waals surface area contributed by atoms with Crippen molar-refractivity contribution in [2.24, 2.45) is 0 Å². The Bertz CT molecular complexity index is 960. The number of H-pyrrole nitrogens is 1. The van der Waals surface area contributed by atoms with E-state index in [1.54, 1.807) is 6.07 Å². The van der Waals surface area contributed by atoms with Crippen LogP contribution in [0.25, 0.3) is 5.69 Å². The molecule has 0 atom stereocenters. The zero-order chi connectivity index (χ0) is 18.1. The summed E-state index contributed by atoms with van der Waals surface area (Å²) in [5.41, 5.74) is 2.41. The van der Waals surface area contributed by atoms with Gasteiger partial charge in [-0.25, -0.2) is 9.18 Å². The number of nitrogens with zero attached hydrogens (tertiary/aromatic N) is 4. The smallest absolute Gasteiger partial charge is 0.347 e. The molecule has 2 heterocycles. The van der Waals surface area contributed by atoms with E-state index in [-0.39, 0.29) is 11.5 Å². The fraction of sp³-hybridized carbons (Fsp3) is 0.222. The number of aromatic nitrogens is 3. The number of nitrogens with one attached hydrogen (secondary N) is 1. The molecule has 0 aliphatic carbocycles. The van der Waals surface area contributed by atoms with Crippen LogP contribution >= 0.6 is 11.6 Å². The van der Waals surface area contributed by atoms with Gasteiger partial charge in [0.2, 0.25) is 0 Å². The number of anilines is 2. The second-order valence-electron chi connectivity index (χ2n) is 6.09. The third kappa shape index (κ3) is 3.17. The average molecular weight is 374 g/mol. The molecule has 6 nitrogen and oxygen atoms in total. The number of rotatable bonds is 3. The molecule has 0 spiro atoms. The van der Waals surface area contributed by atoms with Gasteiger partial charge in [0, 0.05) is 31.9 Å². The molecule has 3 aromatic rings. The highest BCUT2D eigenvalue weighted by atomic mass is 35.5. The molecule has 1 aliphatic heterocycles. The number of piperazine rings is 1. The van der Waals surface area contributed by atoms with Gasteiger partial charge in [0.25, 0.3) is 0 Å². The second kappa shape index (κ2) is 6.84. The Morgan fingerprint density at radius 3 is 2.23 bits per heavy atom. The van der Waals surface area contributed by atoms with Crippen LogP contribution in [0, 0.1) is 5.82 Å². The maximum absolute atomic E-state index is 13.2. The van der Waals surface area contributed by atoms with Gasteiger partial charge in [-0.05, 0) is 42.5 Å². The van der Waals surface area contributed by atoms with Crippen LogP contribution < -0.4 is 15.5 Å². The number of hydrogen-bond acceptors (Lipinski definition) is 4. The van der Waals surface area contributed by atoms with E-state index in [0.717, 1.165) is 43.2 Å². The van der Waals surface area contributed by atoms with Crippen molar-refractivity contribution in [3.63, 3.8) is 0 Å². The Kier molecular flexibility index (Phi) is 4.38. The molecular weight excluding hydrogens is 357 g/mol. The molecule has 0 radical (unpaired) electrons. The molecule has 0 amide bonds. The zero-order valence-corrected chi connectivity index (χ0v) is 14.7. The van der Waals surface area contributed by atoms with Crippen molar-refractivity contribution in [1.29, 1.82) is 0 Å². The predicted molar refractivity (Wildman–Crippen MR) is 100 cm³/mol. The minimum absolute atomic E-state index is 0.262. The third-order valence-corrected chi connectivity index (χ3v) is 4.85. The molecule has 1 saturated heterocycles. The van der Waals surface area contributed by atoms with Gasteiger partial charge in [-0.2, -0.15) is 9.78 Å². The van der Waals surface area contributed by atoms with Crippen LogP contribution in [0.1, 0.15) is 0 Å². The maximum Gasteiger partial charge on any atom is 0.347 e. The highest BCUT2D eigenvalue weighted by molar-refractivity contribution is 6.33. The van der Waals surface area contributed by atoms with Crippen molar-refractivity contribution in [3.8, 4) is 5.69 Å². The summed E-state index contributed by atoms with van der Waals surface area (Å²) in [6.45, 7) is 3.25. The monoisotopic (exact) mass is 373 g/mol. The van der Waals surface area contributed by atoms with E-state index in [0.29, 0.717) is 5.02 Å². The van der Waals surface area contributed by atoms with Crippen LogP contribution in [-0.4, -0.2) is 40.9 Å². The second-order valence-corrected chi connectivity index (χ2v) is 6.50. The first kappa shape index (κ1) is 16.7. The summed E-state index contributed by atoms with van der Waals surface area (Å²) in [6.07, 6.45) is 1.37. The van der Waals surface area contributed by atoms with E-state index in [1.165, 1.54) is 23.1 Å². The van der Waals surface area contributed by atoms with Crippen molar-refractivity contribution in [2.75, 3.05) is 36.0 Å². The fourth-order valence-electron chi connectivity index (χ4n) is 3.19. The first-order chi connectivity index (χ1) is 12.6. The predicted octanol–water partition coefficient (Wildman–Crippen LogP) is 2.68. The van der Waals surface area contributed by atoms with Gasteiger partial charge >= 0.3 is 5.69 Å². The van der Waals surface area contributed by atoms with Crippen LogP contribution in [0.15, 0.2) is 53.6 Å². The number of aromatic amines is 1. The van der Waals surface area contributed by atoms with Crippen LogP contribution in [0.3, 0.4) is 0 Å². The van der Waals surface area contributed by atoms with E-state index >= 15 is 0 Å². The minimum atomic E-state index is -0.325. The minimum Gasteiger partial charge on any atom is -0.368 e. The van der Waals surface area contributed by atoms with Gasteiger partial charge in [-0.15, -0.1) is 0 Å². The van der Waals surface area contributed by atoms with Gasteiger partial charge < -0.3 is 9.80 Å². The fourth-order valence-corrected chi connectivity index (χ4v) is 3.47. The SMILES string of the molecule is O=c1[nH]cnn1-c1ccc(N2CCN(c3ccc(F)cc3Cl)CC2)cc1. The Hall–Kier alpha value is -2.80. The summed E-state index contributed by atoms with van der Waals surface area (Å²) in [5, 5.41) is 4.41. The summed E-state index contributed by atoms with van der Waals surface area (Å²) >= 11 is 6.16. The molecule has 134 valence electrons. The zero-order valence-electron chi connectivity index (χ0n) is 13.9.